The number of furan rings is 1. The largest absolute Gasteiger partial charge is 0.465 e. The van der Waals surface area contributed by atoms with Crippen LogP contribution in [0.3, 0.4) is 0 Å². The van der Waals surface area contributed by atoms with Crippen LogP contribution in [-0.2, 0) is 9.53 Å². The summed E-state index contributed by atoms with van der Waals surface area (Å²) < 4.78 is 14.9. The molecule has 9 nitrogen and oxygen atoms in total. The minimum absolute atomic E-state index is 0.00413. The summed E-state index contributed by atoms with van der Waals surface area (Å²) in [5.74, 6) is -0.685. The molecule has 106 valence electrons. The molecule has 0 fully saturated rings. The number of rotatable bonds is 6. The van der Waals surface area contributed by atoms with Crippen molar-refractivity contribution >= 4 is 23.6 Å². The molecule has 0 spiro atoms. The van der Waals surface area contributed by atoms with E-state index in [1.165, 1.54) is 12.1 Å². The van der Waals surface area contributed by atoms with Crippen LogP contribution < -0.4 is 0 Å². The zero-order valence-electron chi connectivity index (χ0n) is 10.3. The standard InChI is InChI=1S/C10H9N3O6S/c1-2-17-8(14)5-20-10-12-11-9(19-10)6-3-4-7(18-6)13(15)16/h3-4H,2,5H2,1H3. The van der Waals surface area contributed by atoms with Crippen molar-refractivity contribution in [2.24, 2.45) is 0 Å². The molecule has 0 aliphatic heterocycles. The minimum Gasteiger partial charge on any atom is -0.465 e. The molecule has 0 bridgehead atoms. The maximum absolute atomic E-state index is 11.1. The van der Waals surface area contributed by atoms with Crippen LogP contribution >= 0.6 is 11.8 Å². The second kappa shape index (κ2) is 6.19. The van der Waals surface area contributed by atoms with Crippen molar-refractivity contribution in [1.82, 2.24) is 10.2 Å². The predicted molar refractivity (Wildman–Crippen MR) is 66.0 cm³/mol. The molecule has 20 heavy (non-hydrogen) atoms. The van der Waals surface area contributed by atoms with E-state index in [-0.39, 0.29) is 22.6 Å². The van der Waals surface area contributed by atoms with Crippen LogP contribution in [-0.4, -0.2) is 33.4 Å². The zero-order chi connectivity index (χ0) is 14.5. The number of nitrogens with zero attached hydrogens (tertiary/aromatic N) is 3. The summed E-state index contributed by atoms with van der Waals surface area (Å²) in [5, 5.41) is 18.0. The Hall–Kier alpha value is -2.36. The fourth-order valence-electron chi connectivity index (χ4n) is 1.23. The van der Waals surface area contributed by atoms with Gasteiger partial charge < -0.3 is 13.6 Å². The number of hydrogen-bond acceptors (Lipinski definition) is 9. The Morgan fingerprint density at radius 3 is 2.90 bits per heavy atom. The second-order valence-corrected chi connectivity index (χ2v) is 4.29. The van der Waals surface area contributed by atoms with Gasteiger partial charge in [-0.3, -0.25) is 14.9 Å². The Bertz CT molecular complexity index is 622. The van der Waals surface area contributed by atoms with Crippen LogP contribution in [0.2, 0.25) is 0 Å². The number of ether oxygens (including phenoxy) is 1. The smallest absolute Gasteiger partial charge is 0.433 e. The van der Waals surface area contributed by atoms with Gasteiger partial charge in [-0.25, -0.2) is 0 Å². The molecule has 2 aromatic heterocycles. The van der Waals surface area contributed by atoms with Crippen molar-refractivity contribution in [3.63, 3.8) is 0 Å². The van der Waals surface area contributed by atoms with Gasteiger partial charge in [-0.15, -0.1) is 10.2 Å². The number of carbonyl (C=O) groups is 1. The Kier molecular flexibility index (Phi) is 4.35. The lowest BCUT2D eigenvalue weighted by molar-refractivity contribution is -0.401. The van der Waals surface area contributed by atoms with Gasteiger partial charge in [0.1, 0.15) is 10.7 Å². The maximum atomic E-state index is 11.1. The van der Waals surface area contributed by atoms with Crippen molar-refractivity contribution in [2.45, 2.75) is 12.1 Å². The number of hydrogen-bond donors (Lipinski definition) is 0. The Balaban J connectivity index is 2.01. The van der Waals surface area contributed by atoms with Gasteiger partial charge in [-0.2, -0.15) is 0 Å². The van der Waals surface area contributed by atoms with Crippen LogP contribution in [0.25, 0.3) is 11.7 Å². The summed E-state index contributed by atoms with van der Waals surface area (Å²) in [6, 6.07) is 2.54. The van der Waals surface area contributed by atoms with E-state index >= 15 is 0 Å². The van der Waals surface area contributed by atoms with Crippen molar-refractivity contribution in [1.29, 1.82) is 0 Å². The highest BCUT2D eigenvalue weighted by Gasteiger charge is 2.18. The molecule has 0 amide bonds. The lowest BCUT2D eigenvalue weighted by Crippen LogP contribution is -2.06. The molecule has 0 saturated carbocycles. The number of aromatic nitrogens is 2. The number of thioether (sulfide) groups is 1. The van der Waals surface area contributed by atoms with Crippen LogP contribution in [0.4, 0.5) is 5.88 Å². The summed E-state index contributed by atoms with van der Waals surface area (Å²) in [4.78, 5) is 21.0. The summed E-state index contributed by atoms with van der Waals surface area (Å²) in [6.45, 7) is 2.00. The minimum atomic E-state index is -0.670. The molecule has 0 aromatic carbocycles. The van der Waals surface area contributed by atoms with Gasteiger partial charge in [0.15, 0.2) is 5.76 Å². The normalized spacial score (nSPS) is 10.4. The maximum Gasteiger partial charge on any atom is 0.433 e. The molecule has 0 unspecified atom stereocenters. The predicted octanol–water partition coefficient (Wildman–Crippen LogP) is 1.89. The number of esters is 1. The summed E-state index contributed by atoms with van der Waals surface area (Å²) in [5.41, 5.74) is 0. The van der Waals surface area contributed by atoms with Gasteiger partial charge in [0.25, 0.3) is 11.1 Å². The molecule has 10 heteroatoms. The highest BCUT2D eigenvalue weighted by Crippen LogP contribution is 2.27. The van der Waals surface area contributed by atoms with Crippen molar-refractivity contribution in [3.8, 4) is 11.7 Å². The van der Waals surface area contributed by atoms with E-state index in [9.17, 15) is 14.9 Å². The van der Waals surface area contributed by atoms with Crippen LogP contribution in [0.15, 0.2) is 26.2 Å². The average Bonchev–Trinajstić information content (AvgIpc) is 3.05. The molecule has 0 radical (unpaired) electrons. The van der Waals surface area contributed by atoms with Crippen LogP contribution in [0.1, 0.15) is 6.92 Å². The first-order valence-electron chi connectivity index (χ1n) is 5.46. The molecule has 2 heterocycles. The molecule has 0 atom stereocenters. The molecule has 0 saturated heterocycles. The van der Waals surface area contributed by atoms with Gasteiger partial charge in [0, 0.05) is 0 Å². The van der Waals surface area contributed by atoms with E-state index < -0.39 is 16.8 Å². The lowest BCUT2D eigenvalue weighted by Gasteiger charge is -1.97. The number of carbonyl (C=O) groups excluding carboxylic acids is 1. The SMILES string of the molecule is CCOC(=O)CSc1nnc(-c2ccc([N+](=O)[O-])o2)o1. The first-order valence-corrected chi connectivity index (χ1v) is 6.45. The van der Waals surface area contributed by atoms with E-state index in [2.05, 4.69) is 10.2 Å². The highest BCUT2D eigenvalue weighted by atomic mass is 32.2. The first kappa shape index (κ1) is 14.1. The molecule has 2 rings (SSSR count). The van der Waals surface area contributed by atoms with Gasteiger partial charge in [0.05, 0.1) is 12.7 Å². The Morgan fingerprint density at radius 2 is 2.25 bits per heavy atom. The van der Waals surface area contributed by atoms with Gasteiger partial charge in [-0.05, 0) is 13.0 Å². The van der Waals surface area contributed by atoms with E-state index in [0.717, 1.165) is 11.8 Å². The Morgan fingerprint density at radius 1 is 1.45 bits per heavy atom. The summed E-state index contributed by atoms with van der Waals surface area (Å²) in [6.07, 6.45) is 0. The average molecular weight is 299 g/mol. The zero-order valence-corrected chi connectivity index (χ0v) is 11.1. The highest BCUT2D eigenvalue weighted by molar-refractivity contribution is 7.99. The molecule has 0 aliphatic rings. The van der Waals surface area contributed by atoms with Gasteiger partial charge in [-0.1, -0.05) is 11.8 Å². The molecule has 0 aliphatic carbocycles. The fourth-order valence-corrected chi connectivity index (χ4v) is 1.79. The molecular formula is C10H9N3O6S. The number of nitro groups is 1. The van der Waals surface area contributed by atoms with E-state index in [0.29, 0.717) is 6.61 Å². The monoisotopic (exact) mass is 299 g/mol. The first-order chi connectivity index (χ1) is 9.60. The van der Waals surface area contributed by atoms with Crippen molar-refractivity contribution < 1.29 is 23.3 Å². The third kappa shape index (κ3) is 3.35. The van der Waals surface area contributed by atoms with Gasteiger partial charge >= 0.3 is 11.9 Å². The third-order valence-electron chi connectivity index (χ3n) is 2.01. The third-order valence-corrected chi connectivity index (χ3v) is 2.80. The molecule has 0 N–H and O–H groups in total. The van der Waals surface area contributed by atoms with Gasteiger partial charge in [0.2, 0.25) is 0 Å². The van der Waals surface area contributed by atoms with E-state index in [4.69, 9.17) is 13.6 Å². The summed E-state index contributed by atoms with van der Waals surface area (Å²) in [7, 11) is 0. The van der Waals surface area contributed by atoms with Crippen molar-refractivity contribution in [2.75, 3.05) is 12.4 Å². The topological polar surface area (TPSA) is 122 Å². The molecule has 2 aromatic rings. The fraction of sp³-hybridized carbons (Fsp3) is 0.300. The van der Waals surface area contributed by atoms with E-state index in [1.54, 1.807) is 6.92 Å². The van der Waals surface area contributed by atoms with Crippen LogP contribution in [0.5, 0.6) is 0 Å². The molecular weight excluding hydrogens is 290 g/mol. The van der Waals surface area contributed by atoms with Crippen molar-refractivity contribution in [3.05, 3.63) is 22.2 Å². The second-order valence-electron chi connectivity index (χ2n) is 3.36. The lowest BCUT2D eigenvalue weighted by atomic mass is 10.4. The summed E-state index contributed by atoms with van der Waals surface area (Å²) >= 11 is 1.01. The van der Waals surface area contributed by atoms with E-state index in [1.807, 2.05) is 0 Å². The Labute approximate surface area is 116 Å². The quantitative estimate of drug-likeness (QED) is 0.340. The van der Waals surface area contributed by atoms with Crippen LogP contribution in [0, 0.1) is 10.1 Å².